The zero-order chi connectivity index (χ0) is 15.5. The number of halogens is 3. The summed E-state index contributed by atoms with van der Waals surface area (Å²) in [6.45, 7) is 1.82. The Morgan fingerprint density at radius 1 is 1.24 bits per heavy atom. The molecule has 0 radical (unpaired) electrons. The van der Waals surface area contributed by atoms with Crippen LogP contribution in [-0.2, 0) is 6.42 Å². The number of hydrogen-bond donors (Lipinski definition) is 2. The van der Waals surface area contributed by atoms with E-state index in [2.05, 4.69) is 10.2 Å². The molecule has 2 rings (SSSR count). The van der Waals surface area contributed by atoms with Crippen LogP contribution in [0.5, 0.6) is 5.75 Å². The molecule has 3 N–H and O–H groups in total. The third-order valence-corrected chi connectivity index (χ3v) is 3.07. The van der Waals surface area contributed by atoms with E-state index in [1.807, 2.05) is 6.92 Å². The molecule has 0 fully saturated rings. The average molecular weight is 300 g/mol. The van der Waals surface area contributed by atoms with Crippen molar-refractivity contribution in [3.05, 3.63) is 53.5 Å². The van der Waals surface area contributed by atoms with Crippen LogP contribution in [0.2, 0.25) is 0 Å². The Morgan fingerprint density at radius 3 is 2.38 bits per heavy atom. The van der Waals surface area contributed by atoms with Gasteiger partial charge in [-0.25, -0.2) is 0 Å². The molecule has 0 aliphatic carbocycles. The van der Waals surface area contributed by atoms with Crippen LogP contribution in [0.3, 0.4) is 0 Å². The van der Waals surface area contributed by atoms with Crippen molar-refractivity contribution >= 4 is 0 Å². The second-order valence-electron chi connectivity index (χ2n) is 4.55. The molecule has 4 nitrogen and oxygen atoms in total. The van der Waals surface area contributed by atoms with E-state index < -0.39 is 6.36 Å². The number of ether oxygens (including phenoxy) is 1. The number of furan rings is 1. The second kappa shape index (κ2) is 6.19. The maximum Gasteiger partial charge on any atom is 0.573 e. The van der Waals surface area contributed by atoms with Crippen molar-refractivity contribution in [2.45, 2.75) is 25.7 Å². The van der Waals surface area contributed by atoms with Gasteiger partial charge in [-0.1, -0.05) is 12.1 Å². The Hall–Kier alpha value is -1.99. The van der Waals surface area contributed by atoms with Crippen LogP contribution < -0.4 is 16.0 Å². The van der Waals surface area contributed by atoms with E-state index in [9.17, 15) is 13.2 Å². The van der Waals surface area contributed by atoms with Gasteiger partial charge in [0.2, 0.25) is 0 Å². The van der Waals surface area contributed by atoms with Crippen LogP contribution >= 0.6 is 0 Å². The molecule has 21 heavy (non-hydrogen) atoms. The highest BCUT2D eigenvalue weighted by Crippen LogP contribution is 2.25. The van der Waals surface area contributed by atoms with Crippen molar-refractivity contribution in [3.63, 3.8) is 0 Å². The van der Waals surface area contributed by atoms with Crippen LogP contribution in [-0.4, -0.2) is 6.36 Å². The fourth-order valence-electron chi connectivity index (χ4n) is 2.08. The minimum Gasteiger partial charge on any atom is -0.469 e. The minimum atomic E-state index is -4.68. The van der Waals surface area contributed by atoms with Crippen molar-refractivity contribution in [3.8, 4) is 5.75 Å². The van der Waals surface area contributed by atoms with Crippen LogP contribution in [0.4, 0.5) is 13.2 Å². The molecule has 1 aromatic carbocycles. The smallest absolute Gasteiger partial charge is 0.469 e. The van der Waals surface area contributed by atoms with E-state index in [1.54, 1.807) is 24.5 Å². The van der Waals surface area contributed by atoms with E-state index in [1.165, 1.54) is 12.1 Å². The lowest BCUT2D eigenvalue weighted by atomic mass is 10.00. The van der Waals surface area contributed by atoms with E-state index in [0.29, 0.717) is 6.42 Å². The van der Waals surface area contributed by atoms with E-state index in [-0.39, 0.29) is 11.8 Å². The molecule has 1 aromatic heterocycles. The number of alkyl halides is 3. The lowest BCUT2D eigenvalue weighted by Crippen LogP contribution is -2.29. The van der Waals surface area contributed by atoms with Gasteiger partial charge in [0.05, 0.1) is 12.3 Å². The second-order valence-corrected chi connectivity index (χ2v) is 4.55. The molecule has 0 saturated heterocycles. The Bertz CT molecular complexity index is 579. The van der Waals surface area contributed by atoms with Gasteiger partial charge in [0.1, 0.15) is 11.5 Å². The zero-order valence-corrected chi connectivity index (χ0v) is 11.3. The number of aryl methyl sites for hydroxylation is 1. The van der Waals surface area contributed by atoms with Gasteiger partial charge in [0.15, 0.2) is 0 Å². The quantitative estimate of drug-likeness (QED) is 0.657. The molecular weight excluding hydrogens is 285 g/mol. The first-order valence-electron chi connectivity index (χ1n) is 6.24. The molecule has 0 bridgehead atoms. The maximum absolute atomic E-state index is 12.1. The van der Waals surface area contributed by atoms with Crippen molar-refractivity contribution in [2.24, 2.45) is 5.84 Å². The number of nitrogens with one attached hydrogen (secondary N) is 1. The fourth-order valence-corrected chi connectivity index (χ4v) is 2.08. The molecule has 1 heterocycles. The molecule has 1 atom stereocenters. The number of nitrogens with two attached hydrogens (primary N) is 1. The molecular formula is C14H15F3N2O2. The predicted molar refractivity (Wildman–Crippen MR) is 70.3 cm³/mol. The zero-order valence-electron chi connectivity index (χ0n) is 11.3. The monoisotopic (exact) mass is 300 g/mol. The Balaban J connectivity index is 2.07. The predicted octanol–water partition coefficient (Wildman–Crippen LogP) is 3.23. The molecule has 0 saturated carbocycles. The fraction of sp³-hybridized carbons (Fsp3) is 0.286. The lowest BCUT2D eigenvalue weighted by Gasteiger charge is -2.16. The molecule has 2 aromatic rings. The maximum atomic E-state index is 12.1. The number of hydrogen-bond acceptors (Lipinski definition) is 4. The SMILES string of the molecule is Cc1occc1C(Cc1ccc(OC(F)(F)F)cc1)NN. The van der Waals surface area contributed by atoms with Crippen LogP contribution in [0.25, 0.3) is 0 Å². The van der Waals surface area contributed by atoms with Gasteiger partial charge in [0, 0.05) is 5.56 Å². The van der Waals surface area contributed by atoms with Gasteiger partial charge >= 0.3 is 6.36 Å². The average Bonchev–Trinajstić information content (AvgIpc) is 2.82. The Labute approximate surface area is 119 Å². The lowest BCUT2D eigenvalue weighted by molar-refractivity contribution is -0.274. The first kappa shape index (κ1) is 15.4. The van der Waals surface area contributed by atoms with Gasteiger partial charge in [-0.3, -0.25) is 11.3 Å². The highest BCUT2D eigenvalue weighted by Gasteiger charge is 2.31. The van der Waals surface area contributed by atoms with Gasteiger partial charge in [-0.2, -0.15) is 0 Å². The van der Waals surface area contributed by atoms with Gasteiger partial charge in [-0.15, -0.1) is 13.2 Å². The third-order valence-electron chi connectivity index (χ3n) is 3.07. The molecule has 0 spiro atoms. The Morgan fingerprint density at radius 2 is 1.90 bits per heavy atom. The van der Waals surface area contributed by atoms with E-state index >= 15 is 0 Å². The van der Waals surface area contributed by atoms with Crippen molar-refractivity contribution < 1.29 is 22.3 Å². The first-order valence-corrected chi connectivity index (χ1v) is 6.24. The third kappa shape index (κ3) is 4.24. The highest BCUT2D eigenvalue weighted by atomic mass is 19.4. The molecule has 1 unspecified atom stereocenters. The Kier molecular flexibility index (Phi) is 4.54. The van der Waals surface area contributed by atoms with Gasteiger partial charge < -0.3 is 9.15 Å². The van der Waals surface area contributed by atoms with Crippen LogP contribution in [0, 0.1) is 6.92 Å². The van der Waals surface area contributed by atoms with Crippen molar-refractivity contribution in [2.75, 3.05) is 0 Å². The van der Waals surface area contributed by atoms with Crippen molar-refractivity contribution in [1.82, 2.24) is 5.43 Å². The number of rotatable bonds is 5. The van der Waals surface area contributed by atoms with E-state index in [4.69, 9.17) is 10.3 Å². The molecule has 0 amide bonds. The summed E-state index contributed by atoms with van der Waals surface area (Å²) in [5.74, 6) is 6.03. The van der Waals surface area contributed by atoms with Gasteiger partial charge in [-0.05, 0) is 37.1 Å². The summed E-state index contributed by atoms with van der Waals surface area (Å²) in [7, 11) is 0. The van der Waals surface area contributed by atoms with E-state index in [0.717, 1.165) is 16.9 Å². The largest absolute Gasteiger partial charge is 0.573 e. The summed E-state index contributed by atoms with van der Waals surface area (Å²) in [6.07, 6.45) is -2.60. The van der Waals surface area contributed by atoms with Gasteiger partial charge in [0.25, 0.3) is 0 Å². The van der Waals surface area contributed by atoms with Crippen molar-refractivity contribution in [1.29, 1.82) is 0 Å². The molecule has 114 valence electrons. The van der Waals surface area contributed by atoms with Crippen LogP contribution in [0.15, 0.2) is 41.0 Å². The number of benzene rings is 1. The summed E-state index contributed by atoms with van der Waals surface area (Å²) in [4.78, 5) is 0. The normalized spacial score (nSPS) is 13.2. The highest BCUT2D eigenvalue weighted by molar-refractivity contribution is 5.30. The van der Waals surface area contributed by atoms with Crippen LogP contribution in [0.1, 0.15) is 22.9 Å². The summed E-state index contributed by atoms with van der Waals surface area (Å²) in [5.41, 5.74) is 4.41. The number of hydrazine groups is 1. The summed E-state index contributed by atoms with van der Waals surface area (Å²) >= 11 is 0. The molecule has 0 aliphatic rings. The summed E-state index contributed by atoms with van der Waals surface area (Å²) < 4.78 is 45.3. The standard InChI is InChI=1S/C14H15F3N2O2/c1-9-12(6-7-20-9)13(19-18)8-10-2-4-11(5-3-10)21-14(15,16)17/h2-7,13,19H,8,18H2,1H3. The summed E-state index contributed by atoms with van der Waals surface area (Å²) in [6, 6.07) is 7.32. The summed E-state index contributed by atoms with van der Waals surface area (Å²) in [5, 5.41) is 0. The molecule has 0 aliphatic heterocycles. The topological polar surface area (TPSA) is 60.4 Å². The minimum absolute atomic E-state index is 0.182. The first-order chi connectivity index (χ1) is 9.89. The molecule has 7 heteroatoms.